The minimum atomic E-state index is -0.00176. The van der Waals surface area contributed by atoms with E-state index in [-0.39, 0.29) is 6.29 Å². The number of quaternary nitrogens is 2. The van der Waals surface area contributed by atoms with Crippen LogP contribution in [0.1, 0.15) is 13.8 Å². The van der Waals surface area contributed by atoms with Crippen LogP contribution >= 0.6 is 0 Å². The fraction of sp³-hybridized carbons (Fsp3) is 1.00. The SMILES string of the molecule is CCOC(C[NH+]1CC[NH2+]CC1)OCC. The first-order chi connectivity index (χ1) is 6.86. The van der Waals surface area contributed by atoms with Gasteiger partial charge in [-0.2, -0.15) is 0 Å². The maximum atomic E-state index is 5.53. The molecule has 4 heteroatoms. The van der Waals surface area contributed by atoms with Crippen molar-refractivity contribution in [3.8, 4) is 0 Å². The van der Waals surface area contributed by atoms with Crippen LogP contribution in [0.15, 0.2) is 0 Å². The molecule has 84 valence electrons. The average molecular weight is 204 g/mol. The molecule has 0 aliphatic carbocycles. The summed E-state index contributed by atoms with van der Waals surface area (Å²) in [4.78, 5) is 1.61. The lowest BCUT2D eigenvalue weighted by Crippen LogP contribution is -3.21. The third-order valence-electron chi connectivity index (χ3n) is 2.56. The van der Waals surface area contributed by atoms with Crippen LogP contribution in [0.25, 0.3) is 0 Å². The number of hydrogen-bond donors (Lipinski definition) is 2. The highest BCUT2D eigenvalue weighted by atomic mass is 16.7. The third-order valence-corrected chi connectivity index (χ3v) is 2.56. The van der Waals surface area contributed by atoms with Crippen molar-refractivity contribution in [2.24, 2.45) is 0 Å². The number of rotatable bonds is 6. The zero-order valence-corrected chi connectivity index (χ0v) is 9.42. The van der Waals surface area contributed by atoms with Gasteiger partial charge in [0.15, 0.2) is 0 Å². The summed E-state index contributed by atoms with van der Waals surface area (Å²) in [6.07, 6.45) is -0.00176. The summed E-state index contributed by atoms with van der Waals surface area (Å²) < 4.78 is 11.1. The summed E-state index contributed by atoms with van der Waals surface area (Å²) in [6.45, 7) is 11.5. The topological polar surface area (TPSA) is 39.5 Å². The molecule has 14 heavy (non-hydrogen) atoms. The minimum Gasteiger partial charge on any atom is -0.348 e. The van der Waals surface area contributed by atoms with Gasteiger partial charge in [0.2, 0.25) is 6.29 Å². The summed E-state index contributed by atoms with van der Waals surface area (Å²) in [5, 5.41) is 2.37. The lowest BCUT2D eigenvalue weighted by Gasteiger charge is -2.26. The van der Waals surface area contributed by atoms with Crippen molar-refractivity contribution in [3.63, 3.8) is 0 Å². The molecule has 0 atom stereocenters. The molecule has 3 N–H and O–H groups in total. The molecule has 0 aromatic heterocycles. The normalized spacial score (nSPS) is 19.1. The standard InChI is InChI=1S/C10H22N2O2/c1-3-13-10(14-4-2)9-12-7-5-11-6-8-12/h10-11H,3-9H2,1-2H3/p+2. The van der Waals surface area contributed by atoms with Gasteiger partial charge in [-0.1, -0.05) is 0 Å². The van der Waals surface area contributed by atoms with E-state index in [2.05, 4.69) is 5.32 Å². The Morgan fingerprint density at radius 2 is 1.71 bits per heavy atom. The Labute approximate surface area is 86.6 Å². The number of ether oxygens (including phenoxy) is 2. The molecule has 1 heterocycles. The van der Waals surface area contributed by atoms with E-state index in [1.54, 1.807) is 4.90 Å². The Balaban J connectivity index is 2.21. The minimum absolute atomic E-state index is 0.00176. The number of hydrogen-bond acceptors (Lipinski definition) is 2. The number of piperazine rings is 1. The first-order valence-electron chi connectivity index (χ1n) is 5.75. The second kappa shape index (κ2) is 7.17. The number of nitrogens with one attached hydrogen (secondary N) is 1. The Hall–Kier alpha value is -0.160. The molecular weight excluding hydrogens is 180 g/mol. The Morgan fingerprint density at radius 3 is 2.21 bits per heavy atom. The first-order valence-corrected chi connectivity index (χ1v) is 5.75. The molecular formula is C10H24N2O2+2. The fourth-order valence-electron chi connectivity index (χ4n) is 1.86. The smallest absolute Gasteiger partial charge is 0.207 e. The quantitative estimate of drug-likeness (QED) is 0.484. The van der Waals surface area contributed by atoms with Crippen molar-refractivity contribution in [2.45, 2.75) is 20.1 Å². The number of nitrogens with two attached hydrogens (primary N) is 1. The lowest BCUT2D eigenvalue weighted by atomic mass is 10.3. The third kappa shape index (κ3) is 4.37. The average Bonchev–Trinajstić information content (AvgIpc) is 2.20. The molecule has 0 aromatic carbocycles. The summed E-state index contributed by atoms with van der Waals surface area (Å²) >= 11 is 0. The van der Waals surface area contributed by atoms with Gasteiger partial charge in [-0.05, 0) is 13.8 Å². The molecule has 0 aromatic rings. The second-order valence-electron chi connectivity index (χ2n) is 3.66. The van der Waals surface area contributed by atoms with E-state index in [9.17, 15) is 0 Å². The Bertz CT molecular complexity index is 132. The van der Waals surface area contributed by atoms with Crippen LogP contribution in [-0.4, -0.2) is 52.2 Å². The van der Waals surface area contributed by atoms with E-state index in [0.717, 1.165) is 19.8 Å². The highest BCUT2D eigenvalue weighted by molar-refractivity contribution is 4.42. The van der Waals surface area contributed by atoms with Crippen LogP contribution in [0, 0.1) is 0 Å². The van der Waals surface area contributed by atoms with Crippen LogP contribution in [0.5, 0.6) is 0 Å². The van der Waals surface area contributed by atoms with E-state index in [0.29, 0.717) is 0 Å². The molecule has 1 fully saturated rings. The molecule has 4 nitrogen and oxygen atoms in total. The maximum Gasteiger partial charge on any atom is 0.207 e. The highest BCUT2D eigenvalue weighted by Gasteiger charge is 2.20. The molecule has 1 aliphatic rings. The van der Waals surface area contributed by atoms with E-state index in [4.69, 9.17) is 9.47 Å². The van der Waals surface area contributed by atoms with E-state index in [1.165, 1.54) is 26.2 Å². The van der Waals surface area contributed by atoms with Crippen LogP contribution in [0.3, 0.4) is 0 Å². The van der Waals surface area contributed by atoms with Gasteiger partial charge < -0.3 is 19.7 Å². The molecule has 1 aliphatic heterocycles. The van der Waals surface area contributed by atoms with Gasteiger partial charge in [0.1, 0.15) is 32.7 Å². The van der Waals surface area contributed by atoms with E-state index >= 15 is 0 Å². The van der Waals surface area contributed by atoms with Crippen molar-refractivity contribution in [3.05, 3.63) is 0 Å². The predicted octanol–water partition coefficient (Wildman–Crippen LogP) is -2.15. The van der Waals surface area contributed by atoms with Crippen molar-refractivity contribution < 1.29 is 19.7 Å². The molecule has 0 amide bonds. The van der Waals surface area contributed by atoms with Crippen molar-refractivity contribution >= 4 is 0 Å². The van der Waals surface area contributed by atoms with E-state index in [1.807, 2.05) is 13.8 Å². The van der Waals surface area contributed by atoms with Gasteiger partial charge in [-0.3, -0.25) is 0 Å². The largest absolute Gasteiger partial charge is 0.348 e. The summed E-state index contributed by atoms with van der Waals surface area (Å²) in [5.41, 5.74) is 0. The van der Waals surface area contributed by atoms with Gasteiger partial charge in [0.25, 0.3) is 0 Å². The Morgan fingerprint density at radius 1 is 1.14 bits per heavy atom. The van der Waals surface area contributed by atoms with Gasteiger partial charge >= 0.3 is 0 Å². The molecule has 0 unspecified atom stereocenters. The van der Waals surface area contributed by atoms with Gasteiger partial charge in [0, 0.05) is 13.2 Å². The van der Waals surface area contributed by atoms with Crippen molar-refractivity contribution in [1.82, 2.24) is 0 Å². The maximum absolute atomic E-state index is 5.53. The molecule has 0 radical (unpaired) electrons. The summed E-state index contributed by atoms with van der Waals surface area (Å²) in [7, 11) is 0. The van der Waals surface area contributed by atoms with Crippen LogP contribution < -0.4 is 10.2 Å². The lowest BCUT2D eigenvalue weighted by molar-refractivity contribution is -0.951. The molecule has 0 saturated carbocycles. The predicted molar refractivity (Wildman–Crippen MR) is 54.3 cm³/mol. The summed E-state index contributed by atoms with van der Waals surface area (Å²) in [6, 6.07) is 0. The van der Waals surface area contributed by atoms with Crippen molar-refractivity contribution in [1.29, 1.82) is 0 Å². The fourth-order valence-corrected chi connectivity index (χ4v) is 1.86. The molecule has 0 spiro atoms. The monoisotopic (exact) mass is 204 g/mol. The zero-order chi connectivity index (χ0) is 10.2. The van der Waals surface area contributed by atoms with Crippen LogP contribution in [-0.2, 0) is 9.47 Å². The summed E-state index contributed by atoms with van der Waals surface area (Å²) in [5.74, 6) is 0. The van der Waals surface area contributed by atoms with Gasteiger partial charge in [0.05, 0.1) is 0 Å². The first kappa shape index (κ1) is 11.9. The highest BCUT2D eigenvalue weighted by Crippen LogP contribution is 1.91. The molecule has 1 rings (SSSR count). The van der Waals surface area contributed by atoms with Crippen LogP contribution in [0.2, 0.25) is 0 Å². The molecule has 0 bridgehead atoms. The zero-order valence-electron chi connectivity index (χ0n) is 9.42. The van der Waals surface area contributed by atoms with Crippen molar-refractivity contribution in [2.75, 3.05) is 45.9 Å². The van der Waals surface area contributed by atoms with E-state index < -0.39 is 0 Å². The van der Waals surface area contributed by atoms with Gasteiger partial charge in [-0.25, -0.2) is 0 Å². The Kier molecular flexibility index (Phi) is 6.10. The molecule has 1 saturated heterocycles. The second-order valence-corrected chi connectivity index (χ2v) is 3.66. The van der Waals surface area contributed by atoms with Crippen LogP contribution in [0.4, 0.5) is 0 Å². The van der Waals surface area contributed by atoms with Gasteiger partial charge in [-0.15, -0.1) is 0 Å².